The molecule has 1 N–H and O–H groups in total. The minimum absolute atomic E-state index is 0.200. The van der Waals surface area contributed by atoms with Gasteiger partial charge in [-0.15, -0.1) is 10.2 Å². The molecule has 4 rings (SSSR count). The van der Waals surface area contributed by atoms with Gasteiger partial charge in [0.2, 0.25) is 11.0 Å². The van der Waals surface area contributed by atoms with E-state index in [1.807, 2.05) is 30.3 Å². The van der Waals surface area contributed by atoms with E-state index in [2.05, 4.69) is 15.5 Å². The lowest BCUT2D eigenvalue weighted by atomic mass is 10.2. The second kappa shape index (κ2) is 10.3. The number of thioether (sulfide) groups is 2. The zero-order valence-electron chi connectivity index (χ0n) is 16.4. The van der Waals surface area contributed by atoms with Gasteiger partial charge in [0.25, 0.3) is 5.91 Å². The van der Waals surface area contributed by atoms with Crippen molar-refractivity contribution < 1.29 is 14.0 Å². The van der Waals surface area contributed by atoms with Crippen molar-refractivity contribution in [3.05, 3.63) is 76.4 Å². The number of amides is 2. The number of nitrogens with one attached hydrogen (secondary N) is 1. The van der Waals surface area contributed by atoms with Crippen molar-refractivity contribution in [2.24, 2.45) is 0 Å². The number of nitrogens with zero attached hydrogens (tertiary/aromatic N) is 3. The number of hydrogen-bond donors (Lipinski definition) is 1. The third-order valence-corrected chi connectivity index (χ3v) is 7.62. The third-order valence-electron chi connectivity index (χ3n) is 4.20. The summed E-state index contributed by atoms with van der Waals surface area (Å²) in [5.74, 6) is -0.385. The van der Waals surface area contributed by atoms with E-state index in [1.54, 1.807) is 18.2 Å². The van der Waals surface area contributed by atoms with E-state index in [4.69, 9.17) is 12.2 Å². The molecule has 0 spiro atoms. The smallest absolute Gasteiger partial charge is 0.266 e. The highest BCUT2D eigenvalue weighted by Crippen LogP contribution is 2.33. The molecule has 2 heterocycles. The van der Waals surface area contributed by atoms with E-state index in [1.165, 1.54) is 51.9 Å². The lowest BCUT2D eigenvalue weighted by Gasteiger charge is -2.13. The van der Waals surface area contributed by atoms with Crippen LogP contribution in [0.4, 0.5) is 9.52 Å². The van der Waals surface area contributed by atoms with Crippen molar-refractivity contribution in [2.45, 2.75) is 10.1 Å². The van der Waals surface area contributed by atoms with Crippen LogP contribution in [0.1, 0.15) is 11.1 Å². The predicted octanol–water partition coefficient (Wildman–Crippen LogP) is 4.81. The lowest BCUT2D eigenvalue weighted by Crippen LogP contribution is -2.36. The molecule has 0 atom stereocenters. The van der Waals surface area contributed by atoms with E-state index in [9.17, 15) is 14.0 Å². The van der Waals surface area contributed by atoms with Gasteiger partial charge in [0.15, 0.2) is 4.34 Å². The molecule has 1 fully saturated rings. The van der Waals surface area contributed by atoms with Gasteiger partial charge in [0.05, 0.1) is 4.91 Å². The number of thiocarbonyl (C=S) groups is 1. The second-order valence-corrected chi connectivity index (χ2v) is 10.4. The standard InChI is InChI=1S/C21H15FN4O2S4/c22-15-8-6-14(7-9-15)12-30-20-25-24-19(32-20)23-17(27)11-26-18(28)16(31-21(26)29)10-13-4-2-1-3-5-13/h1-10H,11-12H2,(H,23,24,27)/b16-10-. The first-order chi connectivity index (χ1) is 15.5. The molecule has 2 aromatic carbocycles. The van der Waals surface area contributed by atoms with Crippen molar-refractivity contribution in [3.8, 4) is 0 Å². The van der Waals surface area contributed by atoms with Crippen LogP contribution in [-0.4, -0.2) is 37.8 Å². The minimum Gasteiger partial charge on any atom is -0.299 e. The van der Waals surface area contributed by atoms with Crippen LogP contribution in [0.3, 0.4) is 0 Å². The van der Waals surface area contributed by atoms with Gasteiger partial charge in [-0.05, 0) is 29.3 Å². The maximum absolute atomic E-state index is 13.0. The molecule has 1 aromatic heterocycles. The first kappa shape index (κ1) is 22.6. The predicted molar refractivity (Wildman–Crippen MR) is 131 cm³/mol. The summed E-state index contributed by atoms with van der Waals surface area (Å²) >= 11 is 9.12. The Bertz CT molecular complexity index is 1180. The van der Waals surface area contributed by atoms with E-state index in [-0.39, 0.29) is 18.3 Å². The highest BCUT2D eigenvalue weighted by Gasteiger charge is 2.33. The Morgan fingerprint density at radius 3 is 2.66 bits per heavy atom. The van der Waals surface area contributed by atoms with Crippen molar-refractivity contribution >= 4 is 74.4 Å². The summed E-state index contributed by atoms with van der Waals surface area (Å²) in [4.78, 5) is 26.9. The molecule has 6 nitrogen and oxygen atoms in total. The fraction of sp³-hybridized carbons (Fsp3) is 0.0952. The van der Waals surface area contributed by atoms with E-state index in [0.717, 1.165) is 11.1 Å². The summed E-state index contributed by atoms with van der Waals surface area (Å²) in [6, 6.07) is 15.7. The Morgan fingerprint density at radius 1 is 1.16 bits per heavy atom. The quantitative estimate of drug-likeness (QED) is 0.215. The van der Waals surface area contributed by atoms with Gasteiger partial charge in [0.1, 0.15) is 16.7 Å². The molecule has 32 heavy (non-hydrogen) atoms. The average Bonchev–Trinajstić information content (AvgIpc) is 3.33. The van der Waals surface area contributed by atoms with Gasteiger partial charge in [-0.25, -0.2) is 4.39 Å². The fourth-order valence-corrected chi connectivity index (χ4v) is 5.66. The van der Waals surface area contributed by atoms with Crippen LogP contribution in [0, 0.1) is 5.82 Å². The second-order valence-electron chi connectivity index (χ2n) is 6.51. The maximum atomic E-state index is 13.0. The number of hydrogen-bond acceptors (Lipinski definition) is 8. The molecule has 0 unspecified atom stereocenters. The molecular weight excluding hydrogens is 488 g/mol. The summed E-state index contributed by atoms with van der Waals surface area (Å²) in [6.07, 6.45) is 1.76. The third kappa shape index (κ3) is 5.80. The lowest BCUT2D eigenvalue weighted by molar-refractivity contribution is -0.126. The van der Waals surface area contributed by atoms with Crippen LogP contribution in [0.2, 0.25) is 0 Å². The first-order valence-electron chi connectivity index (χ1n) is 9.29. The highest BCUT2D eigenvalue weighted by atomic mass is 32.2. The summed E-state index contributed by atoms with van der Waals surface area (Å²) in [5, 5.41) is 11.0. The normalized spacial score (nSPS) is 14.9. The van der Waals surface area contributed by atoms with Crippen LogP contribution in [0.5, 0.6) is 0 Å². The summed E-state index contributed by atoms with van der Waals surface area (Å²) in [6.45, 7) is -0.200. The Labute approximate surface area is 201 Å². The number of anilines is 1. The topological polar surface area (TPSA) is 75.2 Å². The monoisotopic (exact) mass is 502 g/mol. The minimum atomic E-state index is -0.409. The molecule has 0 saturated carbocycles. The molecule has 162 valence electrons. The van der Waals surface area contributed by atoms with Gasteiger partial charge in [-0.1, -0.05) is 89.5 Å². The molecule has 0 aliphatic carbocycles. The van der Waals surface area contributed by atoms with Crippen molar-refractivity contribution in [3.63, 3.8) is 0 Å². The Hall–Kier alpha value is -2.60. The van der Waals surface area contributed by atoms with E-state index < -0.39 is 5.91 Å². The number of aromatic nitrogens is 2. The average molecular weight is 503 g/mol. The SMILES string of the molecule is O=C(CN1C(=O)/C(=C/c2ccccc2)SC1=S)Nc1nnc(SCc2ccc(F)cc2)s1. The molecule has 1 aliphatic heterocycles. The van der Waals surface area contributed by atoms with Gasteiger partial charge in [-0.3, -0.25) is 19.8 Å². The van der Waals surface area contributed by atoms with Crippen LogP contribution in [0.25, 0.3) is 6.08 Å². The van der Waals surface area contributed by atoms with Crippen LogP contribution in [-0.2, 0) is 15.3 Å². The fourth-order valence-electron chi connectivity index (χ4n) is 2.68. The zero-order chi connectivity index (χ0) is 22.5. The van der Waals surface area contributed by atoms with Crippen LogP contribution in [0.15, 0.2) is 63.8 Å². The number of halogens is 1. The van der Waals surface area contributed by atoms with Crippen molar-refractivity contribution in [1.29, 1.82) is 0 Å². The summed E-state index contributed by atoms with van der Waals surface area (Å²) in [5.41, 5.74) is 1.84. The van der Waals surface area contributed by atoms with Crippen LogP contribution < -0.4 is 5.32 Å². The number of rotatable bonds is 7. The molecular formula is C21H15FN4O2S4. The maximum Gasteiger partial charge on any atom is 0.266 e. The van der Waals surface area contributed by atoms with Crippen molar-refractivity contribution in [1.82, 2.24) is 15.1 Å². The largest absolute Gasteiger partial charge is 0.299 e. The Morgan fingerprint density at radius 2 is 1.91 bits per heavy atom. The summed E-state index contributed by atoms with van der Waals surface area (Å²) in [7, 11) is 0. The molecule has 2 amide bonds. The Balaban J connectivity index is 1.32. The number of carbonyl (C=O) groups excluding carboxylic acids is 2. The molecule has 1 saturated heterocycles. The highest BCUT2D eigenvalue weighted by molar-refractivity contribution is 8.26. The molecule has 1 aliphatic rings. The van der Waals surface area contributed by atoms with Gasteiger partial charge in [0, 0.05) is 5.75 Å². The van der Waals surface area contributed by atoms with Gasteiger partial charge >= 0.3 is 0 Å². The Kier molecular flexibility index (Phi) is 7.30. The van der Waals surface area contributed by atoms with E-state index >= 15 is 0 Å². The molecule has 0 radical (unpaired) electrons. The van der Waals surface area contributed by atoms with E-state index in [0.29, 0.717) is 24.4 Å². The first-order valence-corrected chi connectivity index (χ1v) is 12.3. The zero-order valence-corrected chi connectivity index (χ0v) is 19.6. The molecule has 11 heteroatoms. The van der Waals surface area contributed by atoms with Crippen molar-refractivity contribution in [2.75, 3.05) is 11.9 Å². The van der Waals surface area contributed by atoms with Gasteiger partial charge < -0.3 is 0 Å². The summed E-state index contributed by atoms with van der Waals surface area (Å²) < 4.78 is 14.0. The van der Waals surface area contributed by atoms with Gasteiger partial charge in [-0.2, -0.15) is 0 Å². The van der Waals surface area contributed by atoms with Crippen LogP contribution >= 0.6 is 47.1 Å². The molecule has 3 aromatic rings. The number of carbonyl (C=O) groups is 2. The molecule has 0 bridgehead atoms. The number of benzene rings is 2.